The van der Waals surface area contributed by atoms with Crippen molar-refractivity contribution in [3.63, 3.8) is 0 Å². The van der Waals surface area contributed by atoms with Gasteiger partial charge in [0.25, 0.3) is 10.0 Å². The minimum atomic E-state index is -3.61. The van der Waals surface area contributed by atoms with Crippen LogP contribution in [0, 0.1) is 11.8 Å². The van der Waals surface area contributed by atoms with Crippen LogP contribution in [-0.2, 0) is 14.8 Å². The van der Waals surface area contributed by atoms with Gasteiger partial charge in [0.05, 0.1) is 4.90 Å². The average Bonchev–Trinajstić information content (AvgIpc) is 2.87. The smallest absolute Gasteiger partial charge is 0.263 e. The van der Waals surface area contributed by atoms with Gasteiger partial charge in [0.1, 0.15) is 11.9 Å². The van der Waals surface area contributed by atoms with E-state index in [0.717, 1.165) is 19.5 Å². The van der Waals surface area contributed by atoms with E-state index < -0.39 is 16.1 Å². The predicted molar refractivity (Wildman–Crippen MR) is 105 cm³/mol. The first-order valence-electron chi connectivity index (χ1n) is 9.49. The monoisotopic (exact) mass is 392 g/mol. The van der Waals surface area contributed by atoms with Gasteiger partial charge in [-0.1, -0.05) is 32.9 Å². The Bertz CT molecular complexity index is 835. The molecule has 3 N–H and O–H groups in total. The number of aliphatic imine (C=N–C) groups is 1. The van der Waals surface area contributed by atoms with Crippen molar-refractivity contribution in [3.8, 4) is 0 Å². The maximum absolute atomic E-state index is 12.9. The third-order valence-corrected chi connectivity index (χ3v) is 6.46. The third-order valence-electron chi connectivity index (χ3n) is 5.06. The largest absolute Gasteiger partial charge is 0.351 e. The summed E-state index contributed by atoms with van der Waals surface area (Å²) in [6.07, 6.45) is 1.44. The van der Waals surface area contributed by atoms with Gasteiger partial charge in [-0.25, -0.2) is 8.42 Å². The Hall–Kier alpha value is -1.93. The Morgan fingerprint density at radius 1 is 1.33 bits per heavy atom. The highest BCUT2D eigenvalue weighted by atomic mass is 32.2. The number of fused-ring (bicyclic) bond motifs is 1. The Morgan fingerprint density at radius 3 is 2.78 bits per heavy atom. The molecule has 3 atom stereocenters. The number of piperidine rings is 1. The summed E-state index contributed by atoms with van der Waals surface area (Å²) in [5.41, 5.74) is 0.522. The lowest BCUT2D eigenvalue weighted by atomic mass is 9.94. The normalized spacial score (nSPS) is 26.4. The van der Waals surface area contributed by atoms with Gasteiger partial charge >= 0.3 is 0 Å². The maximum atomic E-state index is 12.9. The number of sulfonamides is 1. The van der Waals surface area contributed by atoms with Crippen molar-refractivity contribution in [1.29, 1.82) is 0 Å². The van der Waals surface area contributed by atoms with Crippen molar-refractivity contribution >= 4 is 21.8 Å². The van der Waals surface area contributed by atoms with Crippen LogP contribution in [0.15, 0.2) is 34.2 Å². The van der Waals surface area contributed by atoms with Crippen LogP contribution in [0.25, 0.3) is 0 Å². The predicted octanol–water partition coefficient (Wildman–Crippen LogP) is 1.25. The first kappa shape index (κ1) is 19.8. The Balaban J connectivity index is 1.85. The van der Waals surface area contributed by atoms with E-state index in [9.17, 15) is 13.2 Å². The molecule has 0 spiro atoms. The molecule has 1 amide bonds. The molecule has 0 bridgehead atoms. The van der Waals surface area contributed by atoms with Crippen molar-refractivity contribution in [1.82, 2.24) is 15.4 Å². The van der Waals surface area contributed by atoms with Gasteiger partial charge in [-0.15, -0.1) is 0 Å². The van der Waals surface area contributed by atoms with Crippen LogP contribution in [-0.4, -0.2) is 45.3 Å². The number of rotatable bonds is 5. The highest BCUT2D eigenvalue weighted by molar-refractivity contribution is 7.90. The lowest BCUT2D eigenvalue weighted by molar-refractivity contribution is -0.123. The molecule has 1 aromatic rings. The zero-order chi connectivity index (χ0) is 19.6. The molecule has 3 unspecified atom stereocenters. The van der Waals surface area contributed by atoms with E-state index in [-0.39, 0.29) is 28.6 Å². The zero-order valence-corrected chi connectivity index (χ0v) is 16.8. The number of amidine groups is 1. The summed E-state index contributed by atoms with van der Waals surface area (Å²) in [5.74, 6) is 0.716. The molecule has 1 fully saturated rings. The Labute approximate surface area is 161 Å². The Kier molecular flexibility index (Phi) is 5.86. The van der Waals surface area contributed by atoms with Crippen molar-refractivity contribution in [2.45, 2.75) is 50.6 Å². The summed E-state index contributed by atoms with van der Waals surface area (Å²) in [6, 6.07) is 6.19. The van der Waals surface area contributed by atoms with Crippen molar-refractivity contribution in [2.24, 2.45) is 16.8 Å². The van der Waals surface area contributed by atoms with Crippen LogP contribution in [0.2, 0.25) is 0 Å². The number of carbonyl (C=O) groups is 1. The van der Waals surface area contributed by atoms with Crippen LogP contribution in [0.3, 0.4) is 0 Å². The van der Waals surface area contributed by atoms with Gasteiger partial charge in [-0.05, 0) is 49.9 Å². The summed E-state index contributed by atoms with van der Waals surface area (Å²) in [4.78, 5) is 17.7. The first-order valence-corrected chi connectivity index (χ1v) is 11.0. The standard InChI is InChI=1S/C19H28N4O3S/c1-12(2)10-16(19(24)22-15-8-9-20-11-13(15)3)21-18-14-6-4-5-7-17(14)27(25,26)23-18/h4-7,12-13,15-16,20H,8-11H2,1-3H3,(H,21,23)(H,22,24). The number of carbonyl (C=O) groups excluding carboxylic acids is 1. The quantitative estimate of drug-likeness (QED) is 0.702. The minimum absolute atomic E-state index is 0.112. The van der Waals surface area contributed by atoms with Gasteiger partial charge in [0, 0.05) is 11.6 Å². The molecule has 0 radical (unpaired) electrons. The van der Waals surface area contributed by atoms with E-state index in [1.54, 1.807) is 24.3 Å². The highest BCUT2D eigenvalue weighted by Crippen LogP contribution is 2.23. The van der Waals surface area contributed by atoms with Crippen LogP contribution < -0.4 is 15.4 Å². The molecular weight excluding hydrogens is 364 g/mol. The lowest BCUT2D eigenvalue weighted by Gasteiger charge is -2.31. The second-order valence-corrected chi connectivity index (χ2v) is 9.46. The second-order valence-electron chi connectivity index (χ2n) is 7.81. The SMILES string of the molecule is CC(C)CC(N=C1NS(=O)(=O)c2ccccc21)C(=O)NC1CCNCC1C. The summed E-state index contributed by atoms with van der Waals surface area (Å²) >= 11 is 0. The molecule has 1 aromatic carbocycles. The summed E-state index contributed by atoms with van der Waals surface area (Å²) < 4.78 is 27.1. The molecule has 27 heavy (non-hydrogen) atoms. The van der Waals surface area contributed by atoms with E-state index in [1.165, 1.54) is 0 Å². The van der Waals surface area contributed by atoms with Crippen LogP contribution in [0.1, 0.15) is 39.2 Å². The highest BCUT2D eigenvalue weighted by Gasteiger charge is 2.33. The van der Waals surface area contributed by atoms with E-state index >= 15 is 0 Å². The molecule has 8 heteroatoms. The van der Waals surface area contributed by atoms with E-state index in [0.29, 0.717) is 17.9 Å². The molecular formula is C19H28N4O3S. The van der Waals surface area contributed by atoms with Gasteiger partial charge in [0.15, 0.2) is 0 Å². The average molecular weight is 393 g/mol. The number of hydrogen-bond acceptors (Lipinski definition) is 5. The van der Waals surface area contributed by atoms with Crippen LogP contribution in [0.5, 0.6) is 0 Å². The summed E-state index contributed by atoms with van der Waals surface area (Å²) in [5, 5.41) is 6.45. The first-order chi connectivity index (χ1) is 12.8. The Morgan fingerprint density at radius 2 is 2.07 bits per heavy atom. The van der Waals surface area contributed by atoms with Gasteiger partial charge < -0.3 is 10.6 Å². The molecule has 2 heterocycles. The molecule has 0 saturated carbocycles. The number of nitrogens with zero attached hydrogens (tertiary/aromatic N) is 1. The summed E-state index contributed by atoms with van der Waals surface area (Å²) in [7, 11) is -3.61. The molecule has 148 valence electrons. The van der Waals surface area contributed by atoms with E-state index in [1.807, 2.05) is 13.8 Å². The molecule has 2 aliphatic rings. The molecule has 0 aliphatic carbocycles. The van der Waals surface area contributed by atoms with Gasteiger partial charge in [0.2, 0.25) is 5.91 Å². The van der Waals surface area contributed by atoms with Gasteiger partial charge in [-0.3, -0.25) is 14.5 Å². The topological polar surface area (TPSA) is 99.7 Å². The molecule has 7 nitrogen and oxygen atoms in total. The second kappa shape index (κ2) is 7.98. The number of hydrogen-bond donors (Lipinski definition) is 3. The van der Waals surface area contributed by atoms with E-state index in [2.05, 4.69) is 27.3 Å². The maximum Gasteiger partial charge on any atom is 0.263 e. The zero-order valence-electron chi connectivity index (χ0n) is 16.0. The third kappa shape index (κ3) is 4.50. The molecule has 2 aliphatic heterocycles. The van der Waals surface area contributed by atoms with E-state index in [4.69, 9.17) is 0 Å². The summed E-state index contributed by atoms with van der Waals surface area (Å²) in [6.45, 7) is 7.93. The number of benzene rings is 1. The number of nitrogens with one attached hydrogen (secondary N) is 3. The van der Waals surface area contributed by atoms with Crippen LogP contribution in [0.4, 0.5) is 0 Å². The molecule has 0 aromatic heterocycles. The van der Waals surface area contributed by atoms with Crippen LogP contribution >= 0.6 is 0 Å². The van der Waals surface area contributed by atoms with Crippen molar-refractivity contribution < 1.29 is 13.2 Å². The van der Waals surface area contributed by atoms with Crippen molar-refractivity contribution in [2.75, 3.05) is 13.1 Å². The number of amides is 1. The molecule has 3 rings (SSSR count). The fourth-order valence-corrected chi connectivity index (χ4v) is 4.80. The minimum Gasteiger partial charge on any atom is -0.351 e. The fourth-order valence-electron chi connectivity index (χ4n) is 3.56. The fraction of sp³-hybridized carbons (Fsp3) is 0.579. The lowest BCUT2D eigenvalue weighted by Crippen LogP contribution is -2.51. The van der Waals surface area contributed by atoms with Gasteiger partial charge in [-0.2, -0.15) is 0 Å². The molecule has 1 saturated heterocycles. The van der Waals surface area contributed by atoms with Crippen molar-refractivity contribution in [3.05, 3.63) is 29.8 Å².